The third-order valence-electron chi connectivity index (χ3n) is 1.82. The fourth-order valence-electron chi connectivity index (χ4n) is 1.16. The summed E-state index contributed by atoms with van der Waals surface area (Å²) in [7, 11) is 0. The molecule has 1 amide bonds. The Balaban J connectivity index is 2.77. The van der Waals surface area contributed by atoms with Gasteiger partial charge in [0.25, 0.3) is 0 Å². The minimum absolute atomic E-state index is 0.0554. The maximum Gasteiger partial charge on any atom is 0.238 e. The Labute approximate surface area is 87.2 Å². The lowest BCUT2D eigenvalue weighted by molar-refractivity contribution is -0.120. The van der Waals surface area contributed by atoms with Crippen LogP contribution in [0.15, 0.2) is 18.2 Å². The first-order valence-corrected chi connectivity index (χ1v) is 4.58. The van der Waals surface area contributed by atoms with Crippen LogP contribution < -0.4 is 16.0 Å². The fraction of sp³-hybridized carbons (Fsp3) is 0.300. The lowest BCUT2D eigenvalue weighted by atomic mass is 10.1. The van der Waals surface area contributed by atoms with E-state index in [1.807, 2.05) is 5.43 Å². The smallest absolute Gasteiger partial charge is 0.238 e. The van der Waals surface area contributed by atoms with Gasteiger partial charge in [0.15, 0.2) is 11.6 Å². The summed E-state index contributed by atoms with van der Waals surface area (Å²) in [6.07, 6.45) is 0.0554. The summed E-state index contributed by atoms with van der Waals surface area (Å²) in [5.74, 6) is 4.27. The van der Waals surface area contributed by atoms with Crippen LogP contribution in [0.4, 0.5) is 4.39 Å². The van der Waals surface area contributed by atoms with Gasteiger partial charge < -0.3 is 4.74 Å². The average Bonchev–Trinajstić information content (AvgIpc) is 2.22. The number of nitrogens with two attached hydrogens (primary N) is 1. The number of ether oxygens (including phenoxy) is 1. The largest absolute Gasteiger partial charge is 0.491 e. The van der Waals surface area contributed by atoms with Gasteiger partial charge in [0.1, 0.15) is 0 Å². The maximum atomic E-state index is 13.3. The quantitative estimate of drug-likeness (QED) is 0.440. The van der Waals surface area contributed by atoms with E-state index in [1.165, 1.54) is 12.1 Å². The summed E-state index contributed by atoms with van der Waals surface area (Å²) in [5, 5.41) is 0. The number of hydrazine groups is 1. The van der Waals surface area contributed by atoms with E-state index in [2.05, 4.69) is 0 Å². The Morgan fingerprint density at radius 1 is 1.60 bits per heavy atom. The van der Waals surface area contributed by atoms with E-state index in [1.54, 1.807) is 13.0 Å². The second kappa shape index (κ2) is 5.31. The molecule has 0 spiro atoms. The number of nitrogens with one attached hydrogen (secondary N) is 1. The molecule has 0 aliphatic carbocycles. The van der Waals surface area contributed by atoms with Crippen molar-refractivity contribution in [3.63, 3.8) is 0 Å². The first-order chi connectivity index (χ1) is 7.17. The van der Waals surface area contributed by atoms with Crippen molar-refractivity contribution in [2.75, 3.05) is 6.61 Å². The van der Waals surface area contributed by atoms with E-state index in [0.29, 0.717) is 12.2 Å². The van der Waals surface area contributed by atoms with Crippen molar-refractivity contribution < 1.29 is 13.9 Å². The lowest BCUT2D eigenvalue weighted by Gasteiger charge is -2.06. The Morgan fingerprint density at radius 3 is 2.87 bits per heavy atom. The zero-order valence-corrected chi connectivity index (χ0v) is 8.42. The van der Waals surface area contributed by atoms with Crippen LogP contribution in [0.5, 0.6) is 5.75 Å². The minimum Gasteiger partial charge on any atom is -0.491 e. The topological polar surface area (TPSA) is 64.3 Å². The van der Waals surface area contributed by atoms with Gasteiger partial charge in [-0.3, -0.25) is 10.2 Å². The van der Waals surface area contributed by atoms with Crippen LogP contribution in [0.2, 0.25) is 0 Å². The molecule has 15 heavy (non-hydrogen) atoms. The SMILES string of the molecule is CCOc1ccc(CC(=O)NN)cc1F. The molecule has 0 heterocycles. The van der Waals surface area contributed by atoms with Gasteiger partial charge in [-0.2, -0.15) is 0 Å². The lowest BCUT2D eigenvalue weighted by Crippen LogP contribution is -2.31. The van der Waals surface area contributed by atoms with E-state index < -0.39 is 5.82 Å². The molecule has 0 atom stereocenters. The molecule has 4 nitrogen and oxygen atoms in total. The fourth-order valence-corrected chi connectivity index (χ4v) is 1.16. The van der Waals surface area contributed by atoms with E-state index in [-0.39, 0.29) is 18.1 Å². The van der Waals surface area contributed by atoms with E-state index >= 15 is 0 Å². The van der Waals surface area contributed by atoms with Gasteiger partial charge in [0.2, 0.25) is 5.91 Å². The van der Waals surface area contributed by atoms with Crippen LogP contribution >= 0.6 is 0 Å². The summed E-state index contributed by atoms with van der Waals surface area (Å²) in [6, 6.07) is 4.39. The van der Waals surface area contributed by atoms with Crippen molar-refractivity contribution >= 4 is 5.91 Å². The van der Waals surface area contributed by atoms with Gasteiger partial charge >= 0.3 is 0 Å². The molecule has 0 aromatic heterocycles. The van der Waals surface area contributed by atoms with E-state index in [9.17, 15) is 9.18 Å². The number of hydrogen-bond donors (Lipinski definition) is 2. The predicted molar refractivity (Wildman–Crippen MR) is 53.6 cm³/mol. The summed E-state index contributed by atoms with van der Waals surface area (Å²) in [6.45, 7) is 2.18. The Hall–Kier alpha value is -1.62. The molecule has 0 bridgehead atoms. The molecule has 1 aromatic rings. The van der Waals surface area contributed by atoms with E-state index in [0.717, 1.165) is 0 Å². The highest BCUT2D eigenvalue weighted by atomic mass is 19.1. The first kappa shape index (κ1) is 11.5. The monoisotopic (exact) mass is 212 g/mol. The highest BCUT2D eigenvalue weighted by molar-refractivity contribution is 5.77. The van der Waals surface area contributed by atoms with Crippen molar-refractivity contribution in [3.05, 3.63) is 29.6 Å². The molecule has 0 aliphatic heterocycles. The van der Waals surface area contributed by atoms with E-state index in [4.69, 9.17) is 10.6 Å². The number of carbonyl (C=O) groups excluding carboxylic acids is 1. The predicted octanol–water partition coefficient (Wildman–Crippen LogP) is 0.757. The van der Waals surface area contributed by atoms with Crippen molar-refractivity contribution in [1.82, 2.24) is 5.43 Å². The van der Waals surface area contributed by atoms with Crippen LogP contribution in [0.1, 0.15) is 12.5 Å². The molecule has 5 heteroatoms. The first-order valence-electron chi connectivity index (χ1n) is 4.58. The molecule has 3 N–H and O–H groups in total. The molecule has 0 aliphatic rings. The van der Waals surface area contributed by atoms with Gasteiger partial charge in [0.05, 0.1) is 13.0 Å². The third kappa shape index (κ3) is 3.21. The molecule has 82 valence electrons. The number of halogens is 1. The zero-order chi connectivity index (χ0) is 11.3. The van der Waals surface area contributed by atoms with Gasteiger partial charge in [0, 0.05) is 0 Å². The molecule has 0 radical (unpaired) electrons. The highest BCUT2D eigenvalue weighted by Crippen LogP contribution is 2.18. The normalized spacial score (nSPS) is 9.80. The molecular formula is C10H13FN2O2. The Morgan fingerprint density at radius 2 is 2.33 bits per heavy atom. The molecule has 0 unspecified atom stereocenters. The molecule has 0 fully saturated rings. The van der Waals surface area contributed by atoms with Crippen LogP contribution in [0.3, 0.4) is 0 Å². The number of benzene rings is 1. The number of rotatable bonds is 4. The van der Waals surface area contributed by atoms with Gasteiger partial charge in [-0.1, -0.05) is 6.07 Å². The molecule has 1 rings (SSSR count). The van der Waals surface area contributed by atoms with Gasteiger partial charge in [-0.15, -0.1) is 0 Å². The number of hydrogen-bond acceptors (Lipinski definition) is 3. The summed E-state index contributed by atoms with van der Waals surface area (Å²) in [4.78, 5) is 10.9. The summed E-state index contributed by atoms with van der Waals surface area (Å²) in [5.41, 5.74) is 2.53. The number of amides is 1. The summed E-state index contributed by atoms with van der Waals surface area (Å²) < 4.78 is 18.3. The third-order valence-corrected chi connectivity index (χ3v) is 1.82. The zero-order valence-electron chi connectivity index (χ0n) is 8.42. The van der Waals surface area contributed by atoms with Crippen LogP contribution in [0.25, 0.3) is 0 Å². The summed E-state index contributed by atoms with van der Waals surface area (Å²) >= 11 is 0. The highest BCUT2D eigenvalue weighted by Gasteiger charge is 2.06. The second-order valence-electron chi connectivity index (χ2n) is 2.94. The van der Waals surface area contributed by atoms with Crippen molar-refractivity contribution in [2.24, 2.45) is 5.84 Å². The maximum absolute atomic E-state index is 13.3. The van der Waals surface area contributed by atoms with Crippen molar-refractivity contribution in [1.29, 1.82) is 0 Å². The Bertz CT molecular complexity index is 355. The van der Waals surface area contributed by atoms with Crippen LogP contribution in [0, 0.1) is 5.82 Å². The van der Waals surface area contributed by atoms with Gasteiger partial charge in [-0.05, 0) is 24.6 Å². The second-order valence-corrected chi connectivity index (χ2v) is 2.94. The molecule has 0 saturated carbocycles. The minimum atomic E-state index is -0.473. The standard InChI is InChI=1S/C10H13FN2O2/c1-2-15-9-4-3-7(5-8(9)11)6-10(14)13-12/h3-5H,2,6,12H2,1H3,(H,13,14). The van der Waals surface area contributed by atoms with Crippen LogP contribution in [-0.4, -0.2) is 12.5 Å². The van der Waals surface area contributed by atoms with Crippen molar-refractivity contribution in [2.45, 2.75) is 13.3 Å². The van der Waals surface area contributed by atoms with Crippen LogP contribution in [-0.2, 0) is 11.2 Å². The molecular weight excluding hydrogens is 199 g/mol. The van der Waals surface area contributed by atoms with Crippen molar-refractivity contribution in [3.8, 4) is 5.75 Å². The van der Waals surface area contributed by atoms with Gasteiger partial charge in [-0.25, -0.2) is 10.2 Å². The molecule has 1 aromatic carbocycles. The average molecular weight is 212 g/mol. The Kier molecular flexibility index (Phi) is 4.05. The number of carbonyl (C=O) groups is 1. The molecule has 0 saturated heterocycles.